The highest BCUT2D eigenvalue weighted by Gasteiger charge is 2.61. The number of carbonyl (C=O) groups excluding carboxylic acids is 2. The molecule has 4 atom stereocenters. The number of hydrogen-bond donors (Lipinski definition) is 4. The van der Waals surface area contributed by atoms with Crippen LogP contribution in [0.3, 0.4) is 0 Å². The fourth-order valence-electron chi connectivity index (χ4n) is 5.65. The number of thioether (sulfide) groups is 1. The lowest BCUT2D eigenvalue weighted by atomic mass is 10.00. The number of halogens is 3. The number of carbonyl (C=O) groups is 2. The Morgan fingerprint density at radius 3 is 2.81 bits per heavy atom. The van der Waals surface area contributed by atoms with Gasteiger partial charge >= 0.3 is 12.2 Å². The van der Waals surface area contributed by atoms with Crippen LogP contribution in [0.15, 0.2) is 45.9 Å². The summed E-state index contributed by atoms with van der Waals surface area (Å²) in [7, 11) is 0. The number of aliphatic imine (C=N–C) groups is 2. The van der Waals surface area contributed by atoms with Gasteiger partial charge in [-0.25, -0.2) is 14.8 Å². The molecule has 1 aliphatic carbocycles. The molecule has 1 saturated heterocycles. The van der Waals surface area contributed by atoms with Gasteiger partial charge in [0.15, 0.2) is 5.13 Å². The summed E-state index contributed by atoms with van der Waals surface area (Å²) in [4.78, 5) is 41.3. The normalized spacial score (nSPS) is 27.7. The molecule has 2 aromatic rings. The van der Waals surface area contributed by atoms with Crippen LogP contribution in [0.2, 0.25) is 0 Å². The summed E-state index contributed by atoms with van der Waals surface area (Å²) in [5, 5.41) is 20.7. The molecule has 1 saturated carbocycles. The quantitative estimate of drug-likeness (QED) is 0.361. The topological polar surface area (TPSA) is 131 Å². The fraction of sp³-hybridized carbons (Fsp3) is 0.444. The molecule has 4 aliphatic rings. The second-order valence-corrected chi connectivity index (χ2v) is 13.3. The number of likely N-dealkylation sites (tertiary alicyclic amines) is 1. The number of thiazole rings is 1. The Hall–Kier alpha value is -3.27. The molecular weight excluding hydrogens is 591 g/mol. The molecule has 2 unspecified atom stereocenters. The van der Waals surface area contributed by atoms with Crippen molar-refractivity contribution < 1.29 is 27.9 Å². The highest BCUT2D eigenvalue weighted by Crippen LogP contribution is 2.50. The maximum absolute atomic E-state index is 13.7. The number of amides is 3. The Bertz CT molecular complexity index is 1510. The number of fused-ring (bicyclic) bond motifs is 1. The van der Waals surface area contributed by atoms with Crippen LogP contribution in [0, 0.1) is 0 Å². The average molecular weight is 620 g/mol. The minimum Gasteiger partial charge on any atom is -0.391 e. The molecule has 3 amide bonds. The molecule has 1 aromatic carbocycles. The monoisotopic (exact) mass is 619 g/mol. The van der Waals surface area contributed by atoms with Gasteiger partial charge in [-0.3, -0.25) is 20.4 Å². The lowest BCUT2D eigenvalue weighted by Gasteiger charge is -2.33. The first-order valence-corrected chi connectivity index (χ1v) is 15.1. The summed E-state index contributed by atoms with van der Waals surface area (Å²) in [6.45, 7) is 3.05. The van der Waals surface area contributed by atoms with Gasteiger partial charge in [-0.1, -0.05) is 0 Å². The maximum atomic E-state index is 13.7. The van der Waals surface area contributed by atoms with Crippen molar-refractivity contribution in [1.29, 1.82) is 0 Å². The Kier molecular flexibility index (Phi) is 7.40. The molecule has 1 aromatic heterocycles. The molecule has 4 heterocycles. The number of alkyl halides is 3. The molecule has 222 valence electrons. The van der Waals surface area contributed by atoms with Crippen molar-refractivity contribution in [3.63, 3.8) is 0 Å². The van der Waals surface area contributed by atoms with Gasteiger partial charge in [0.05, 0.1) is 27.7 Å². The number of anilines is 2. The lowest BCUT2D eigenvalue weighted by molar-refractivity contribution is -0.137. The SMILES string of the molecule is CC12SC=CC1=NC=NC2NCCc1cnc(NC(=O)Nc2cc(C(=O)N3CCC[C@@]34C[C@@H]4O)cc(C(F)(F)F)c2)s1. The predicted octanol–water partition coefficient (Wildman–Crippen LogP) is 4.51. The molecule has 0 bridgehead atoms. The third-order valence-corrected chi connectivity index (χ3v) is 10.2. The number of aliphatic hydroxyl groups is 1. The number of nitrogens with zero attached hydrogens (tertiary/aromatic N) is 4. The number of hydrogen-bond acceptors (Lipinski definition) is 9. The van der Waals surface area contributed by atoms with E-state index in [4.69, 9.17) is 0 Å². The van der Waals surface area contributed by atoms with Gasteiger partial charge in [-0.15, -0.1) is 23.1 Å². The van der Waals surface area contributed by atoms with E-state index in [1.807, 2.05) is 11.5 Å². The van der Waals surface area contributed by atoms with E-state index in [1.165, 1.54) is 22.3 Å². The van der Waals surface area contributed by atoms with Crippen LogP contribution < -0.4 is 16.0 Å². The zero-order chi connectivity index (χ0) is 29.7. The molecule has 0 radical (unpaired) electrons. The van der Waals surface area contributed by atoms with Gasteiger partial charge in [0.2, 0.25) is 0 Å². The van der Waals surface area contributed by atoms with E-state index in [1.54, 1.807) is 24.3 Å². The van der Waals surface area contributed by atoms with Crippen LogP contribution in [0.5, 0.6) is 0 Å². The van der Waals surface area contributed by atoms with Gasteiger partial charge in [0.1, 0.15) is 12.5 Å². The van der Waals surface area contributed by atoms with Crippen LogP contribution in [-0.4, -0.2) is 74.6 Å². The number of nitrogens with one attached hydrogen (secondary N) is 3. The predicted molar refractivity (Wildman–Crippen MR) is 156 cm³/mol. The van der Waals surface area contributed by atoms with E-state index < -0.39 is 35.3 Å². The van der Waals surface area contributed by atoms with Crippen molar-refractivity contribution >= 4 is 57.9 Å². The van der Waals surface area contributed by atoms with Crippen LogP contribution in [0.1, 0.15) is 47.0 Å². The third-order valence-electron chi connectivity index (χ3n) is 8.01. The van der Waals surface area contributed by atoms with Crippen LogP contribution in [-0.2, 0) is 12.6 Å². The van der Waals surface area contributed by atoms with E-state index in [9.17, 15) is 27.9 Å². The number of rotatable bonds is 7. The van der Waals surface area contributed by atoms with Crippen molar-refractivity contribution in [2.75, 3.05) is 23.7 Å². The Labute approximate surface area is 247 Å². The smallest absolute Gasteiger partial charge is 0.391 e. The van der Waals surface area contributed by atoms with Crippen LogP contribution >= 0.6 is 23.1 Å². The van der Waals surface area contributed by atoms with E-state index in [0.717, 1.165) is 22.7 Å². The molecule has 6 rings (SSSR count). The Morgan fingerprint density at radius 2 is 2.05 bits per heavy atom. The Morgan fingerprint density at radius 1 is 1.24 bits per heavy atom. The van der Waals surface area contributed by atoms with E-state index in [0.29, 0.717) is 38.8 Å². The van der Waals surface area contributed by atoms with Gasteiger partial charge in [-0.2, -0.15) is 13.2 Å². The highest BCUT2D eigenvalue weighted by molar-refractivity contribution is 8.04. The van der Waals surface area contributed by atoms with Crippen molar-refractivity contribution in [3.8, 4) is 0 Å². The lowest BCUT2D eigenvalue weighted by Crippen LogP contribution is -2.50. The molecule has 15 heteroatoms. The van der Waals surface area contributed by atoms with Gasteiger partial charge < -0.3 is 15.3 Å². The maximum Gasteiger partial charge on any atom is 0.416 e. The minimum absolute atomic E-state index is 0.143. The third kappa shape index (κ3) is 5.45. The number of aromatic nitrogens is 1. The van der Waals surface area contributed by atoms with Gasteiger partial charge in [-0.05, 0) is 55.9 Å². The average Bonchev–Trinajstić information content (AvgIpc) is 3.34. The molecule has 42 heavy (non-hydrogen) atoms. The van der Waals surface area contributed by atoms with E-state index in [2.05, 4.69) is 37.8 Å². The number of urea groups is 1. The fourth-order valence-corrected chi connectivity index (χ4v) is 7.45. The summed E-state index contributed by atoms with van der Waals surface area (Å²) < 4.78 is 40.8. The highest BCUT2D eigenvalue weighted by atomic mass is 32.2. The van der Waals surface area contributed by atoms with E-state index >= 15 is 0 Å². The summed E-state index contributed by atoms with van der Waals surface area (Å²) >= 11 is 2.91. The summed E-state index contributed by atoms with van der Waals surface area (Å²) in [6, 6.07) is 1.99. The summed E-state index contributed by atoms with van der Waals surface area (Å²) in [6.07, 6.45) is 1.94. The minimum atomic E-state index is -4.73. The number of benzene rings is 1. The summed E-state index contributed by atoms with van der Waals surface area (Å²) in [5.41, 5.74) is -1.17. The number of aliphatic hydroxyl groups excluding tert-OH is 1. The number of allylic oxidation sites excluding steroid dienone is 1. The van der Waals surface area contributed by atoms with Gasteiger partial charge in [0.25, 0.3) is 5.91 Å². The van der Waals surface area contributed by atoms with Crippen molar-refractivity contribution in [1.82, 2.24) is 15.2 Å². The zero-order valence-corrected chi connectivity index (χ0v) is 24.1. The molecule has 2 fully saturated rings. The van der Waals surface area contributed by atoms with Crippen molar-refractivity contribution in [3.05, 3.63) is 51.9 Å². The van der Waals surface area contributed by atoms with Crippen LogP contribution in [0.4, 0.5) is 28.8 Å². The summed E-state index contributed by atoms with van der Waals surface area (Å²) in [5.74, 6) is -0.601. The van der Waals surface area contributed by atoms with Crippen LogP contribution in [0.25, 0.3) is 0 Å². The Balaban J connectivity index is 1.07. The second-order valence-electron chi connectivity index (χ2n) is 10.8. The van der Waals surface area contributed by atoms with Gasteiger partial charge in [0, 0.05) is 41.8 Å². The molecule has 4 N–H and O–H groups in total. The largest absolute Gasteiger partial charge is 0.416 e. The van der Waals surface area contributed by atoms with Crippen molar-refractivity contribution in [2.45, 2.75) is 61.3 Å². The molecule has 1 spiro atoms. The van der Waals surface area contributed by atoms with E-state index in [-0.39, 0.29) is 27.3 Å². The molecule has 3 aliphatic heterocycles. The zero-order valence-electron chi connectivity index (χ0n) is 22.4. The first kappa shape index (κ1) is 28.8. The van der Waals surface area contributed by atoms with Crippen molar-refractivity contribution in [2.24, 2.45) is 9.98 Å². The molecule has 10 nitrogen and oxygen atoms in total. The first-order chi connectivity index (χ1) is 20.0. The second kappa shape index (κ2) is 10.8. The first-order valence-electron chi connectivity index (χ1n) is 13.4. The molecular formula is C27H28F3N7O3S2. The standard InChI is InChI=1S/C27H28F3N7O3S2/c1-25-19(4-8-41-25)33-14-34-22(25)31-6-3-18-13-32-24(42-18)36-23(40)35-17-10-15(9-16(11-17)27(28,29)30)21(39)37-7-2-5-26(37)12-20(26)38/h4,8-11,13-14,20,22,31,38H,2-3,5-7,12H2,1H3,(H2,32,35,36,40)/t20-,22?,25?,26-/m0/s1.